The van der Waals surface area contributed by atoms with Crippen molar-refractivity contribution in [3.63, 3.8) is 0 Å². The van der Waals surface area contributed by atoms with Crippen LogP contribution in [-0.2, 0) is 0 Å². The molecule has 0 bridgehead atoms. The average Bonchev–Trinajstić information content (AvgIpc) is 2.93. The Hall–Kier alpha value is -1.47. The van der Waals surface area contributed by atoms with E-state index in [2.05, 4.69) is 57.9 Å². The van der Waals surface area contributed by atoms with Crippen LogP contribution >= 0.6 is 0 Å². The molecule has 2 unspecified atom stereocenters. The zero-order valence-electron chi connectivity index (χ0n) is 21.2. The average molecular weight is 460 g/mol. The molecule has 0 aromatic carbocycles. The molecule has 1 aromatic rings. The zero-order valence-corrected chi connectivity index (χ0v) is 21.2. The standard InChI is InChI=1S/C19H31N3O.C4H10.C2H3F3/c1-13(19(3,4)5)10-17-14(2)21-18(11-20-17)16-9-7-6-8-15(12-23)22-16;1-3-4-2;1-2(3,4)5/h10-11,15-16,22-23H,6-9,12H2,1-5H3;3-4H2,1-2H3;1H3/b13-10+;;. The first-order valence-electron chi connectivity index (χ1n) is 11.7. The molecule has 0 aliphatic carbocycles. The summed E-state index contributed by atoms with van der Waals surface area (Å²) in [6, 6.07) is 0.370. The highest BCUT2D eigenvalue weighted by molar-refractivity contribution is 5.51. The molecule has 1 aliphatic rings. The number of aromatic nitrogens is 2. The lowest BCUT2D eigenvalue weighted by Gasteiger charge is -2.21. The van der Waals surface area contributed by atoms with E-state index in [4.69, 9.17) is 4.98 Å². The van der Waals surface area contributed by atoms with Gasteiger partial charge in [-0.15, -0.1) is 0 Å². The van der Waals surface area contributed by atoms with Gasteiger partial charge in [0.15, 0.2) is 0 Å². The summed E-state index contributed by atoms with van der Waals surface area (Å²) in [5.41, 5.74) is 4.36. The molecule has 32 heavy (non-hydrogen) atoms. The van der Waals surface area contributed by atoms with Crippen LogP contribution in [0.3, 0.4) is 0 Å². The number of aliphatic hydroxyl groups excluding tert-OH is 1. The monoisotopic (exact) mass is 459 g/mol. The third-order valence-electron chi connectivity index (χ3n) is 5.35. The van der Waals surface area contributed by atoms with E-state index in [1.54, 1.807) is 0 Å². The van der Waals surface area contributed by atoms with E-state index in [0.717, 1.165) is 36.3 Å². The summed E-state index contributed by atoms with van der Waals surface area (Å²) in [6.07, 6.45) is 7.09. The lowest BCUT2D eigenvalue weighted by Crippen LogP contribution is -2.34. The number of hydrogen-bond acceptors (Lipinski definition) is 4. The Bertz CT molecular complexity index is 674. The predicted octanol–water partition coefficient (Wildman–Crippen LogP) is 7.18. The molecular formula is C25H44F3N3O. The highest BCUT2D eigenvalue weighted by Gasteiger charge is 2.22. The number of aliphatic hydroxyl groups is 1. The maximum Gasteiger partial charge on any atom is 0.386 e. The van der Waals surface area contributed by atoms with E-state index in [1.165, 1.54) is 24.8 Å². The van der Waals surface area contributed by atoms with Crippen molar-refractivity contribution >= 4 is 6.08 Å². The Morgan fingerprint density at radius 1 is 1.12 bits per heavy atom. The van der Waals surface area contributed by atoms with E-state index >= 15 is 0 Å². The number of unbranched alkanes of at least 4 members (excludes halogenated alkanes) is 1. The Morgan fingerprint density at radius 3 is 2.09 bits per heavy atom. The number of rotatable bonds is 4. The van der Waals surface area contributed by atoms with Crippen molar-refractivity contribution < 1.29 is 18.3 Å². The van der Waals surface area contributed by atoms with Crippen molar-refractivity contribution in [2.45, 2.75) is 112 Å². The molecule has 2 rings (SSSR count). The molecular weight excluding hydrogens is 415 g/mol. The second-order valence-corrected chi connectivity index (χ2v) is 9.51. The molecule has 2 N–H and O–H groups in total. The van der Waals surface area contributed by atoms with Crippen LogP contribution in [0.4, 0.5) is 13.2 Å². The molecule has 1 aromatic heterocycles. The summed E-state index contributed by atoms with van der Waals surface area (Å²) >= 11 is 0. The summed E-state index contributed by atoms with van der Waals surface area (Å²) in [5, 5.41) is 13.0. The molecule has 186 valence electrons. The highest BCUT2D eigenvalue weighted by atomic mass is 19.4. The van der Waals surface area contributed by atoms with E-state index in [-0.39, 0.29) is 31.0 Å². The van der Waals surface area contributed by atoms with Crippen LogP contribution in [-0.4, -0.2) is 33.9 Å². The number of allylic oxidation sites excluding steroid dienone is 1. The van der Waals surface area contributed by atoms with Crippen molar-refractivity contribution in [3.8, 4) is 0 Å². The minimum Gasteiger partial charge on any atom is -0.395 e. The number of alkyl halides is 3. The first kappa shape index (κ1) is 30.5. The topological polar surface area (TPSA) is 58.0 Å². The fraction of sp³-hybridized carbons (Fsp3) is 0.760. The third kappa shape index (κ3) is 13.8. The Kier molecular flexibility index (Phi) is 14.0. The van der Waals surface area contributed by atoms with Crippen LogP contribution in [0.15, 0.2) is 11.8 Å². The van der Waals surface area contributed by atoms with Crippen LogP contribution in [0.1, 0.15) is 110 Å². The second-order valence-electron chi connectivity index (χ2n) is 9.51. The minimum absolute atomic E-state index is 0.143. The first-order valence-corrected chi connectivity index (χ1v) is 11.7. The molecule has 0 amide bonds. The van der Waals surface area contributed by atoms with Gasteiger partial charge >= 0.3 is 6.18 Å². The number of halogens is 3. The Morgan fingerprint density at radius 2 is 1.66 bits per heavy atom. The van der Waals surface area contributed by atoms with Gasteiger partial charge in [0.2, 0.25) is 0 Å². The largest absolute Gasteiger partial charge is 0.395 e. The van der Waals surface area contributed by atoms with Gasteiger partial charge in [-0.05, 0) is 38.2 Å². The van der Waals surface area contributed by atoms with Gasteiger partial charge in [-0.25, -0.2) is 0 Å². The van der Waals surface area contributed by atoms with E-state index in [1.807, 2.05) is 13.1 Å². The van der Waals surface area contributed by atoms with Gasteiger partial charge < -0.3 is 10.4 Å². The molecule has 2 heterocycles. The summed E-state index contributed by atoms with van der Waals surface area (Å²) in [7, 11) is 0. The van der Waals surface area contributed by atoms with Crippen molar-refractivity contribution in [2.24, 2.45) is 5.41 Å². The van der Waals surface area contributed by atoms with Crippen LogP contribution in [0, 0.1) is 12.3 Å². The van der Waals surface area contributed by atoms with Crippen molar-refractivity contribution in [2.75, 3.05) is 6.61 Å². The number of nitrogens with zero attached hydrogens (tertiary/aromatic N) is 2. The minimum atomic E-state index is -4.00. The zero-order chi connectivity index (χ0) is 24.9. The number of hydrogen-bond donors (Lipinski definition) is 2. The second kappa shape index (κ2) is 14.6. The molecule has 4 nitrogen and oxygen atoms in total. The van der Waals surface area contributed by atoms with Gasteiger partial charge in [-0.2, -0.15) is 13.2 Å². The highest BCUT2D eigenvalue weighted by Crippen LogP contribution is 2.27. The predicted molar refractivity (Wildman–Crippen MR) is 127 cm³/mol. The van der Waals surface area contributed by atoms with Gasteiger partial charge in [0.05, 0.1) is 35.9 Å². The first-order chi connectivity index (χ1) is 14.7. The molecule has 1 fully saturated rings. The van der Waals surface area contributed by atoms with Crippen LogP contribution in [0.2, 0.25) is 0 Å². The van der Waals surface area contributed by atoms with Crippen molar-refractivity contribution in [3.05, 3.63) is 28.9 Å². The smallest absolute Gasteiger partial charge is 0.386 e. The Balaban J connectivity index is 0.000000906. The molecule has 2 atom stereocenters. The lowest BCUT2D eigenvalue weighted by atomic mass is 9.87. The number of aryl methyl sites for hydroxylation is 1. The number of nitrogens with one attached hydrogen (secondary N) is 1. The third-order valence-corrected chi connectivity index (χ3v) is 5.35. The van der Waals surface area contributed by atoms with Gasteiger partial charge in [-0.3, -0.25) is 9.97 Å². The van der Waals surface area contributed by atoms with Gasteiger partial charge in [0.25, 0.3) is 0 Å². The van der Waals surface area contributed by atoms with E-state index in [9.17, 15) is 18.3 Å². The van der Waals surface area contributed by atoms with Crippen molar-refractivity contribution in [1.29, 1.82) is 0 Å². The summed E-state index contributed by atoms with van der Waals surface area (Å²) < 4.78 is 31.1. The SMILES string of the molecule is C/C(=C\c1ncc(C2CCCCC(CO)N2)nc1C)C(C)(C)C.CC(F)(F)F.CCCC. The molecule has 1 saturated heterocycles. The summed E-state index contributed by atoms with van der Waals surface area (Å²) in [6.45, 7) is 15.5. The van der Waals surface area contributed by atoms with Gasteiger partial charge in [0, 0.05) is 13.0 Å². The van der Waals surface area contributed by atoms with Gasteiger partial charge in [0.1, 0.15) is 0 Å². The maximum atomic E-state index is 10.4. The molecule has 0 spiro atoms. The van der Waals surface area contributed by atoms with Crippen LogP contribution < -0.4 is 5.32 Å². The fourth-order valence-electron chi connectivity index (χ4n) is 2.81. The van der Waals surface area contributed by atoms with E-state index < -0.39 is 6.18 Å². The normalized spacial score (nSPS) is 19.8. The van der Waals surface area contributed by atoms with Crippen LogP contribution in [0.5, 0.6) is 0 Å². The fourth-order valence-corrected chi connectivity index (χ4v) is 2.81. The molecule has 7 heteroatoms. The summed E-state index contributed by atoms with van der Waals surface area (Å²) in [5.74, 6) is 0. The van der Waals surface area contributed by atoms with Crippen LogP contribution in [0.25, 0.3) is 6.08 Å². The van der Waals surface area contributed by atoms with Crippen molar-refractivity contribution in [1.82, 2.24) is 15.3 Å². The maximum absolute atomic E-state index is 10.4. The van der Waals surface area contributed by atoms with E-state index in [0.29, 0.717) is 0 Å². The summed E-state index contributed by atoms with van der Waals surface area (Å²) in [4.78, 5) is 9.44. The molecule has 1 aliphatic heterocycles. The Labute approximate surface area is 193 Å². The lowest BCUT2D eigenvalue weighted by molar-refractivity contribution is -0.110. The molecule has 0 saturated carbocycles. The van der Waals surface area contributed by atoms with Gasteiger partial charge in [-0.1, -0.05) is 65.9 Å². The molecule has 0 radical (unpaired) electrons. The quantitative estimate of drug-likeness (QED) is 0.501.